The highest BCUT2D eigenvalue weighted by Gasteiger charge is 2.29. The van der Waals surface area contributed by atoms with Crippen molar-refractivity contribution in [2.75, 3.05) is 19.6 Å². The smallest absolute Gasteiger partial charge is 0.307 e. The Hall–Kier alpha value is -0.570. The van der Waals surface area contributed by atoms with Crippen LogP contribution in [0.15, 0.2) is 0 Å². The summed E-state index contributed by atoms with van der Waals surface area (Å²) in [6.45, 7) is 2.89. The zero-order valence-electron chi connectivity index (χ0n) is 7.91. The third kappa shape index (κ3) is 2.44. The van der Waals surface area contributed by atoms with Gasteiger partial charge in [0.1, 0.15) is 0 Å². The molecule has 0 spiro atoms. The molecule has 74 valence electrons. The van der Waals surface area contributed by atoms with Gasteiger partial charge in [0.2, 0.25) is 0 Å². The molecule has 1 N–H and O–H groups in total. The van der Waals surface area contributed by atoms with Gasteiger partial charge in [0.15, 0.2) is 0 Å². The maximum atomic E-state index is 10.7. The van der Waals surface area contributed by atoms with Crippen molar-refractivity contribution in [1.82, 2.24) is 4.90 Å². The highest BCUT2D eigenvalue weighted by atomic mass is 16.4. The lowest BCUT2D eigenvalue weighted by atomic mass is 10.1. The van der Waals surface area contributed by atoms with Crippen molar-refractivity contribution in [3.8, 4) is 0 Å². The van der Waals surface area contributed by atoms with Crippen LogP contribution >= 0.6 is 0 Å². The zero-order valence-corrected chi connectivity index (χ0v) is 7.91. The van der Waals surface area contributed by atoms with Crippen molar-refractivity contribution in [3.63, 3.8) is 0 Å². The first-order chi connectivity index (χ1) is 6.25. The second-order valence-electron chi connectivity index (χ2n) is 4.36. The van der Waals surface area contributed by atoms with Crippen molar-refractivity contribution in [2.45, 2.75) is 25.7 Å². The molecule has 1 atom stereocenters. The van der Waals surface area contributed by atoms with E-state index in [1.807, 2.05) is 0 Å². The monoisotopic (exact) mass is 183 g/mol. The van der Waals surface area contributed by atoms with Gasteiger partial charge < -0.3 is 10.0 Å². The highest BCUT2D eigenvalue weighted by molar-refractivity contribution is 5.70. The predicted molar refractivity (Wildman–Crippen MR) is 49.5 cm³/mol. The first-order valence-corrected chi connectivity index (χ1v) is 5.21. The van der Waals surface area contributed by atoms with E-state index in [0.29, 0.717) is 0 Å². The molecule has 1 saturated heterocycles. The van der Waals surface area contributed by atoms with Crippen molar-refractivity contribution in [1.29, 1.82) is 0 Å². The maximum Gasteiger partial charge on any atom is 0.307 e. The summed E-state index contributed by atoms with van der Waals surface area (Å²) in [5.74, 6) is 0.247. The third-order valence-electron chi connectivity index (χ3n) is 3.17. The average molecular weight is 183 g/mol. The molecule has 3 heteroatoms. The molecule has 1 aliphatic heterocycles. The fourth-order valence-electron chi connectivity index (χ4n) is 2.01. The van der Waals surface area contributed by atoms with Crippen molar-refractivity contribution >= 4 is 5.97 Å². The molecule has 0 aromatic rings. The van der Waals surface area contributed by atoms with Crippen LogP contribution < -0.4 is 0 Å². The van der Waals surface area contributed by atoms with E-state index in [1.165, 1.54) is 19.3 Å². The molecule has 1 saturated carbocycles. The molecule has 3 nitrogen and oxygen atoms in total. The van der Waals surface area contributed by atoms with Crippen molar-refractivity contribution < 1.29 is 9.90 Å². The molecule has 1 unspecified atom stereocenters. The first-order valence-electron chi connectivity index (χ1n) is 5.21. The minimum atomic E-state index is -0.617. The van der Waals surface area contributed by atoms with Gasteiger partial charge >= 0.3 is 5.97 Å². The van der Waals surface area contributed by atoms with E-state index in [2.05, 4.69) is 4.90 Å². The number of hydrogen-bond acceptors (Lipinski definition) is 2. The number of likely N-dealkylation sites (tertiary alicyclic amines) is 1. The van der Waals surface area contributed by atoms with Crippen LogP contribution in [0.1, 0.15) is 25.7 Å². The number of aliphatic carboxylic acids is 1. The quantitative estimate of drug-likeness (QED) is 0.711. The lowest BCUT2D eigenvalue weighted by Crippen LogP contribution is -2.24. The Morgan fingerprint density at radius 3 is 2.69 bits per heavy atom. The van der Waals surface area contributed by atoms with Crippen molar-refractivity contribution in [2.24, 2.45) is 11.8 Å². The Kier molecular flexibility index (Phi) is 2.54. The number of carboxylic acids is 1. The van der Waals surface area contributed by atoms with Crippen LogP contribution in [0, 0.1) is 11.8 Å². The molecular formula is C10H17NO2. The Balaban J connectivity index is 1.67. The molecule has 0 radical (unpaired) electrons. The van der Waals surface area contributed by atoms with Crippen LogP contribution in [0.2, 0.25) is 0 Å². The van der Waals surface area contributed by atoms with E-state index in [-0.39, 0.29) is 5.92 Å². The fourth-order valence-corrected chi connectivity index (χ4v) is 2.01. The summed E-state index contributed by atoms with van der Waals surface area (Å²) < 4.78 is 0. The number of carbonyl (C=O) groups is 1. The van der Waals surface area contributed by atoms with Gasteiger partial charge in [-0.1, -0.05) is 12.8 Å². The van der Waals surface area contributed by atoms with E-state index < -0.39 is 5.97 Å². The van der Waals surface area contributed by atoms with Crippen LogP contribution in [-0.4, -0.2) is 35.6 Å². The summed E-state index contributed by atoms with van der Waals surface area (Å²) in [6, 6.07) is 0. The second-order valence-corrected chi connectivity index (χ2v) is 4.36. The zero-order chi connectivity index (χ0) is 9.26. The average Bonchev–Trinajstić information content (AvgIpc) is 2.79. The molecule has 0 aromatic carbocycles. The summed E-state index contributed by atoms with van der Waals surface area (Å²) in [5.41, 5.74) is 0. The largest absolute Gasteiger partial charge is 0.481 e. The van der Waals surface area contributed by atoms with E-state index in [4.69, 9.17) is 5.11 Å². The van der Waals surface area contributed by atoms with Gasteiger partial charge in [-0.3, -0.25) is 4.79 Å². The highest BCUT2D eigenvalue weighted by Crippen LogP contribution is 2.32. The molecule has 0 amide bonds. The number of nitrogens with zero attached hydrogens (tertiary/aromatic N) is 1. The fraction of sp³-hybridized carbons (Fsp3) is 0.900. The van der Waals surface area contributed by atoms with Crippen LogP contribution in [0.5, 0.6) is 0 Å². The summed E-state index contributed by atoms with van der Waals surface area (Å²) in [6.07, 6.45) is 4.93. The lowest BCUT2D eigenvalue weighted by molar-refractivity contribution is -0.141. The van der Waals surface area contributed by atoms with Gasteiger partial charge in [0.25, 0.3) is 0 Å². The van der Waals surface area contributed by atoms with E-state index in [0.717, 1.165) is 32.0 Å². The normalized spacial score (nSPS) is 29.4. The second kappa shape index (κ2) is 3.66. The number of hydrogen-bond donors (Lipinski definition) is 1. The molecule has 0 bridgehead atoms. The van der Waals surface area contributed by atoms with Gasteiger partial charge in [0.05, 0.1) is 5.92 Å². The first kappa shape index (κ1) is 9.00. The topological polar surface area (TPSA) is 40.5 Å². The molecule has 2 aliphatic rings. The molecule has 1 aliphatic carbocycles. The SMILES string of the molecule is O=C(O)C1CCN(CCC2CC2)C1. The van der Waals surface area contributed by atoms with E-state index >= 15 is 0 Å². The van der Waals surface area contributed by atoms with Crippen molar-refractivity contribution in [3.05, 3.63) is 0 Å². The minimum Gasteiger partial charge on any atom is -0.481 e. The Morgan fingerprint density at radius 1 is 1.38 bits per heavy atom. The van der Waals surface area contributed by atoms with Gasteiger partial charge in [-0.15, -0.1) is 0 Å². The van der Waals surface area contributed by atoms with Gasteiger partial charge in [-0.05, 0) is 31.8 Å². The molecule has 0 aromatic heterocycles. The molecular weight excluding hydrogens is 166 g/mol. The van der Waals surface area contributed by atoms with E-state index in [9.17, 15) is 4.79 Å². The Morgan fingerprint density at radius 2 is 2.15 bits per heavy atom. The lowest BCUT2D eigenvalue weighted by Gasteiger charge is -2.14. The molecule has 1 heterocycles. The summed E-state index contributed by atoms with van der Waals surface area (Å²) in [5, 5.41) is 8.79. The maximum absolute atomic E-state index is 10.7. The summed E-state index contributed by atoms with van der Waals surface area (Å²) in [7, 11) is 0. The molecule has 2 fully saturated rings. The third-order valence-corrected chi connectivity index (χ3v) is 3.17. The van der Waals surface area contributed by atoms with Crippen LogP contribution in [0.4, 0.5) is 0 Å². The van der Waals surface area contributed by atoms with Crippen LogP contribution in [-0.2, 0) is 4.79 Å². The minimum absolute atomic E-state index is 0.0980. The standard InChI is InChI=1S/C10H17NO2/c12-10(13)9-4-6-11(7-9)5-3-8-1-2-8/h8-9H,1-7H2,(H,12,13). The van der Waals surface area contributed by atoms with Gasteiger partial charge in [-0.25, -0.2) is 0 Å². The Labute approximate surface area is 78.7 Å². The van der Waals surface area contributed by atoms with Gasteiger partial charge in [0, 0.05) is 6.54 Å². The van der Waals surface area contributed by atoms with Crippen LogP contribution in [0.25, 0.3) is 0 Å². The van der Waals surface area contributed by atoms with Gasteiger partial charge in [-0.2, -0.15) is 0 Å². The summed E-state index contributed by atoms with van der Waals surface area (Å²) in [4.78, 5) is 13.0. The van der Waals surface area contributed by atoms with E-state index in [1.54, 1.807) is 0 Å². The molecule has 13 heavy (non-hydrogen) atoms. The molecule has 2 rings (SSSR count). The summed E-state index contributed by atoms with van der Waals surface area (Å²) >= 11 is 0. The number of rotatable bonds is 4. The van der Waals surface area contributed by atoms with Crippen LogP contribution in [0.3, 0.4) is 0 Å². The Bertz CT molecular complexity index is 201. The number of carboxylic acid groups (broad SMARTS) is 1. The predicted octanol–water partition coefficient (Wildman–Crippen LogP) is 1.19.